The van der Waals surface area contributed by atoms with Gasteiger partial charge >= 0.3 is 5.97 Å². The van der Waals surface area contributed by atoms with Crippen LogP contribution in [0.5, 0.6) is 0 Å². The van der Waals surface area contributed by atoms with Crippen molar-refractivity contribution in [3.8, 4) is 0 Å². The molecule has 17 heavy (non-hydrogen) atoms. The number of hydrogen-bond acceptors (Lipinski definition) is 3. The average molecular weight is 239 g/mol. The van der Waals surface area contributed by atoms with Gasteiger partial charge in [0.15, 0.2) is 0 Å². The molecule has 0 aromatic carbocycles. The summed E-state index contributed by atoms with van der Waals surface area (Å²) in [6.07, 6.45) is 3.59. The molecule has 0 aliphatic rings. The Morgan fingerprint density at radius 3 is 2.71 bits per heavy atom. The number of carboxylic acids is 1. The van der Waals surface area contributed by atoms with Crippen molar-refractivity contribution in [1.29, 1.82) is 0 Å². The minimum Gasteiger partial charge on any atom is -0.478 e. The van der Waals surface area contributed by atoms with Gasteiger partial charge in [-0.05, 0) is 33.0 Å². The molecule has 0 aliphatic carbocycles. The minimum atomic E-state index is -0.925. The van der Waals surface area contributed by atoms with Gasteiger partial charge in [0.2, 0.25) is 0 Å². The number of furan rings is 1. The van der Waals surface area contributed by atoms with E-state index in [0.29, 0.717) is 12.3 Å². The maximum absolute atomic E-state index is 10.9. The number of hydrogen-bond donors (Lipinski definition) is 1. The van der Waals surface area contributed by atoms with Crippen molar-refractivity contribution in [1.82, 2.24) is 4.90 Å². The molecule has 1 rings (SSSR count). The van der Waals surface area contributed by atoms with E-state index in [1.165, 1.54) is 19.3 Å². The first-order chi connectivity index (χ1) is 8.04. The van der Waals surface area contributed by atoms with Gasteiger partial charge in [-0.1, -0.05) is 19.8 Å². The highest BCUT2D eigenvalue weighted by molar-refractivity contribution is 5.88. The summed E-state index contributed by atoms with van der Waals surface area (Å²) < 4.78 is 5.43. The summed E-state index contributed by atoms with van der Waals surface area (Å²) in [4.78, 5) is 13.0. The van der Waals surface area contributed by atoms with Crippen molar-refractivity contribution in [3.63, 3.8) is 0 Å². The second-order valence-corrected chi connectivity index (χ2v) is 4.43. The summed E-state index contributed by atoms with van der Waals surface area (Å²) in [5.41, 5.74) is 0.266. The summed E-state index contributed by atoms with van der Waals surface area (Å²) in [5, 5.41) is 8.91. The molecule has 0 unspecified atom stereocenters. The van der Waals surface area contributed by atoms with Crippen LogP contribution in [0, 0.1) is 6.92 Å². The number of carbonyl (C=O) groups is 1. The molecule has 1 aromatic heterocycles. The fourth-order valence-electron chi connectivity index (χ4n) is 1.81. The third-order valence-electron chi connectivity index (χ3n) is 2.77. The van der Waals surface area contributed by atoms with Crippen LogP contribution in [0.15, 0.2) is 10.5 Å². The van der Waals surface area contributed by atoms with Crippen LogP contribution < -0.4 is 0 Å². The van der Waals surface area contributed by atoms with Gasteiger partial charge in [0.1, 0.15) is 17.1 Å². The summed E-state index contributed by atoms with van der Waals surface area (Å²) in [6.45, 7) is 5.53. The minimum absolute atomic E-state index is 0.266. The first-order valence-electron chi connectivity index (χ1n) is 6.05. The van der Waals surface area contributed by atoms with Gasteiger partial charge in [-0.15, -0.1) is 0 Å². The number of carboxylic acid groups (broad SMARTS) is 1. The Hall–Kier alpha value is -1.29. The van der Waals surface area contributed by atoms with Crippen molar-refractivity contribution >= 4 is 5.97 Å². The highest BCUT2D eigenvalue weighted by Gasteiger charge is 2.14. The first kappa shape index (κ1) is 13.8. The third-order valence-corrected chi connectivity index (χ3v) is 2.77. The molecule has 4 heteroatoms. The molecule has 0 bridgehead atoms. The molecule has 1 N–H and O–H groups in total. The van der Waals surface area contributed by atoms with Crippen LogP contribution in [0.3, 0.4) is 0 Å². The Morgan fingerprint density at radius 2 is 2.18 bits per heavy atom. The van der Waals surface area contributed by atoms with E-state index in [9.17, 15) is 4.79 Å². The second-order valence-electron chi connectivity index (χ2n) is 4.43. The van der Waals surface area contributed by atoms with E-state index in [-0.39, 0.29) is 5.56 Å². The van der Waals surface area contributed by atoms with Gasteiger partial charge < -0.3 is 9.52 Å². The predicted molar refractivity (Wildman–Crippen MR) is 66.3 cm³/mol. The molecule has 1 aromatic rings. The van der Waals surface area contributed by atoms with Crippen molar-refractivity contribution in [3.05, 3.63) is 23.2 Å². The lowest BCUT2D eigenvalue weighted by atomic mass is 10.2. The molecular formula is C13H21NO3. The Kier molecular flexibility index (Phi) is 5.22. The number of nitrogens with zero attached hydrogens (tertiary/aromatic N) is 1. The Balaban J connectivity index is 2.51. The van der Waals surface area contributed by atoms with E-state index in [1.54, 1.807) is 13.0 Å². The lowest BCUT2D eigenvalue weighted by Crippen LogP contribution is -2.18. The molecule has 4 nitrogen and oxygen atoms in total. The molecule has 0 fully saturated rings. The number of unbranched alkanes of at least 4 members (excludes halogenated alkanes) is 2. The molecule has 0 radical (unpaired) electrons. The smallest absolute Gasteiger partial charge is 0.339 e. The van der Waals surface area contributed by atoms with E-state index in [2.05, 4.69) is 11.8 Å². The lowest BCUT2D eigenvalue weighted by molar-refractivity contribution is 0.0695. The van der Waals surface area contributed by atoms with Crippen LogP contribution in [0.4, 0.5) is 0 Å². The van der Waals surface area contributed by atoms with Crippen LogP contribution in [0.2, 0.25) is 0 Å². The summed E-state index contributed by atoms with van der Waals surface area (Å²) in [6, 6.07) is 1.62. The van der Waals surface area contributed by atoms with Crippen molar-refractivity contribution < 1.29 is 14.3 Å². The topological polar surface area (TPSA) is 53.7 Å². The molecule has 0 amide bonds. The van der Waals surface area contributed by atoms with E-state index in [0.717, 1.165) is 12.3 Å². The van der Waals surface area contributed by atoms with E-state index in [1.807, 2.05) is 7.05 Å². The van der Waals surface area contributed by atoms with Gasteiger partial charge in [0, 0.05) is 0 Å². The van der Waals surface area contributed by atoms with Crippen LogP contribution in [-0.4, -0.2) is 29.6 Å². The fourth-order valence-corrected chi connectivity index (χ4v) is 1.81. The average Bonchev–Trinajstić information content (AvgIpc) is 2.60. The first-order valence-corrected chi connectivity index (χ1v) is 6.05. The van der Waals surface area contributed by atoms with Gasteiger partial charge in [0.05, 0.1) is 6.54 Å². The predicted octanol–water partition coefficient (Wildman–Crippen LogP) is 2.91. The third kappa shape index (κ3) is 4.23. The molecule has 0 aliphatic heterocycles. The highest BCUT2D eigenvalue weighted by atomic mass is 16.4. The Labute approximate surface area is 102 Å². The molecule has 0 saturated carbocycles. The maximum Gasteiger partial charge on any atom is 0.339 e. The van der Waals surface area contributed by atoms with E-state index in [4.69, 9.17) is 9.52 Å². The molecule has 0 spiro atoms. The van der Waals surface area contributed by atoms with Gasteiger partial charge in [0.25, 0.3) is 0 Å². The zero-order valence-electron chi connectivity index (χ0n) is 10.8. The normalized spacial score (nSPS) is 11.1. The van der Waals surface area contributed by atoms with E-state index >= 15 is 0 Å². The fraction of sp³-hybridized carbons (Fsp3) is 0.615. The van der Waals surface area contributed by atoms with Crippen LogP contribution >= 0.6 is 0 Å². The Bertz CT molecular complexity index is 371. The number of rotatable bonds is 7. The van der Waals surface area contributed by atoms with Gasteiger partial charge in [-0.2, -0.15) is 0 Å². The summed E-state index contributed by atoms with van der Waals surface area (Å²) in [7, 11) is 2.02. The second kappa shape index (κ2) is 6.45. The van der Waals surface area contributed by atoms with E-state index < -0.39 is 5.97 Å². The molecule has 0 atom stereocenters. The van der Waals surface area contributed by atoms with Crippen LogP contribution in [0.25, 0.3) is 0 Å². The van der Waals surface area contributed by atoms with Crippen molar-refractivity contribution in [2.45, 2.75) is 39.7 Å². The largest absolute Gasteiger partial charge is 0.478 e. The zero-order valence-corrected chi connectivity index (χ0v) is 10.8. The summed E-state index contributed by atoms with van der Waals surface area (Å²) >= 11 is 0. The van der Waals surface area contributed by atoms with Gasteiger partial charge in [-0.25, -0.2) is 4.79 Å². The highest BCUT2D eigenvalue weighted by Crippen LogP contribution is 2.16. The quantitative estimate of drug-likeness (QED) is 0.743. The van der Waals surface area contributed by atoms with Crippen LogP contribution in [0.1, 0.15) is 48.1 Å². The lowest BCUT2D eigenvalue weighted by Gasteiger charge is -2.14. The molecular weight excluding hydrogens is 218 g/mol. The molecule has 96 valence electrons. The molecule has 1 heterocycles. The Morgan fingerprint density at radius 1 is 1.47 bits per heavy atom. The molecule has 0 saturated heterocycles. The van der Waals surface area contributed by atoms with Crippen LogP contribution in [-0.2, 0) is 6.54 Å². The van der Waals surface area contributed by atoms with Crippen molar-refractivity contribution in [2.24, 2.45) is 0 Å². The standard InChI is InChI=1S/C13H21NO3/c1-4-5-6-7-14(3)9-11-8-12(13(15)16)10(2)17-11/h8H,4-7,9H2,1-3H3,(H,15,16). The summed E-state index contributed by atoms with van der Waals surface area (Å²) in [5.74, 6) is 0.277. The van der Waals surface area contributed by atoms with Crippen molar-refractivity contribution in [2.75, 3.05) is 13.6 Å². The number of aryl methyl sites for hydroxylation is 1. The maximum atomic E-state index is 10.9. The monoisotopic (exact) mass is 239 g/mol. The number of aromatic carboxylic acids is 1. The SMILES string of the molecule is CCCCCN(C)Cc1cc(C(=O)O)c(C)o1. The zero-order chi connectivity index (χ0) is 12.8. The van der Waals surface area contributed by atoms with Gasteiger partial charge in [-0.3, -0.25) is 4.90 Å².